The van der Waals surface area contributed by atoms with Crippen LogP contribution in [0.3, 0.4) is 0 Å². The second-order valence-corrected chi connectivity index (χ2v) is 4.05. The molecule has 3 aromatic rings. The number of aromatic amines is 2. The number of aromatic nitrogens is 4. The highest BCUT2D eigenvalue weighted by Gasteiger charge is 2.09. The van der Waals surface area contributed by atoms with E-state index in [1.54, 1.807) is 24.5 Å². The van der Waals surface area contributed by atoms with E-state index in [4.69, 9.17) is 0 Å². The standard InChI is InChI=1S/C12H11N5O/c1-7-5-13-17-11(7)15-12(18)8-2-3-10-9(4-8)6-14-16-10/h2-6H,1H3,(H,14,16)(H2,13,15,17,18). The van der Waals surface area contributed by atoms with Crippen LogP contribution >= 0.6 is 0 Å². The maximum Gasteiger partial charge on any atom is 0.256 e. The summed E-state index contributed by atoms with van der Waals surface area (Å²) in [5.74, 6) is 0.442. The molecule has 0 aliphatic carbocycles. The molecule has 0 bridgehead atoms. The number of hydrogen-bond acceptors (Lipinski definition) is 3. The van der Waals surface area contributed by atoms with Gasteiger partial charge in [0.25, 0.3) is 5.91 Å². The van der Waals surface area contributed by atoms with E-state index in [-0.39, 0.29) is 5.91 Å². The van der Waals surface area contributed by atoms with Crippen LogP contribution in [0.2, 0.25) is 0 Å². The fourth-order valence-electron chi connectivity index (χ4n) is 1.74. The fourth-order valence-corrected chi connectivity index (χ4v) is 1.74. The van der Waals surface area contributed by atoms with Gasteiger partial charge in [-0.2, -0.15) is 10.2 Å². The van der Waals surface area contributed by atoms with Crippen LogP contribution < -0.4 is 5.32 Å². The third-order valence-electron chi connectivity index (χ3n) is 2.77. The molecule has 0 saturated heterocycles. The number of nitrogens with zero attached hydrogens (tertiary/aromatic N) is 2. The van der Waals surface area contributed by atoms with Crippen LogP contribution in [0.15, 0.2) is 30.6 Å². The summed E-state index contributed by atoms with van der Waals surface area (Å²) in [4.78, 5) is 12.0. The number of fused-ring (bicyclic) bond motifs is 1. The molecule has 2 heterocycles. The molecule has 18 heavy (non-hydrogen) atoms. The Labute approximate surface area is 102 Å². The lowest BCUT2D eigenvalue weighted by molar-refractivity contribution is 0.102. The molecule has 0 saturated carbocycles. The Bertz CT molecular complexity index is 712. The monoisotopic (exact) mass is 241 g/mol. The number of anilines is 1. The lowest BCUT2D eigenvalue weighted by Crippen LogP contribution is -2.12. The molecule has 2 aromatic heterocycles. The van der Waals surface area contributed by atoms with Crippen molar-refractivity contribution in [3.63, 3.8) is 0 Å². The summed E-state index contributed by atoms with van der Waals surface area (Å²) < 4.78 is 0. The Hall–Kier alpha value is -2.63. The molecule has 90 valence electrons. The Morgan fingerprint density at radius 3 is 2.83 bits per heavy atom. The van der Waals surface area contributed by atoms with E-state index in [1.807, 2.05) is 13.0 Å². The zero-order valence-electron chi connectivity index (χ0n) is 9.69. The average molecular weight is 241 g/mol. The van der Waals surface area contributed by atoms with Gasteiger partial charge < -0.3 is 5.32 Å². The van der Waals surface area contributed by atoms with Gasteiger partial charge in [-0.1, -0.05) is 0 Å². The summed E-state index contributed by atoms with van der Waals surface area (Å²) in [5, 5.41) is 17.0. The van der Waals surface area contributed by atoms with Gasteiger partial charge >= 0.3 is 0 Å². The second kappa shape index (κ2) is 3.99. The highest BCUT2D eigenvalue weighted by atomic mass is 16.1. The minimum Gasteiger partial charge on any atom is -0.307 e. The first kappa shape index (κ1) is 10.5. The SMILES string of the molecule is Cc1cn[nH]c1NC(=O)c1ccc2[nH]ncc2c1. The first-order valence-electron chi connectivity index (χ1n) is 5.48. The topological polar surface area (TPSA) is 86.5 Å². The van der Waals surface area contributed by atoms with E-state index in [9.17, 15) is 4.79 Å². The minimum atomic E-state index is -0.176. The quantitative estimate of drug-likeness (QED) is 0.639. The maximum absolute atomic E-state index is 12.0. The summed E-state index contributed by atoms with van der Waals surface area (Å²) in [6.45, 7) is 1.87. The van der Waals surface area contributed by atoms with Crippen LogP contribution in [-0.4, -0.2) is 26.3 Å². The third-order valence-corrected chi connectivity index (χ3v) is 2.77. The van der Waals surface area contributed by atoms with Crippen molar-refractivity contribution in [2.45, 2.75) is 6.92 Å². The number of aryl methyl sites for hydroxylation is 1. The van der Waals surface area contributed by atoms with Gasteiger partial charge in [0.05, 0.1) is 17.9 Å². The summed E-state index contributed by atoms with van der Waals surface area (Å²) in [5.41, 5.74) is 2.38. The third kappa shape index (κ3) is 1.73. The molecule has 1 amide bonds. The van der Waals surface area contributed by atoms with E-state index in [2.05, 4.69) is 25.7 Å². The molecule has 3 rings (SSSR count). The molecule has 0 aliphatic heterocycles. The molecule has 0 fully saturated rings. The number of nitrogens with one attached hydrogen (secondary N) is 3. The molecule has 0 aliphatic rings. The van der Waals surface area contributed by atoms with Crippen molar-refractivity contribution in [2.24, 2.45) is 0 Å². The molecule has 0 unspecified atom stereocenters. The summed E-state index contributed by atoms with van der Waals surface area (Å²) in [6.07, 6.45) is 3.35. The summed E-state index contributed by atoms with van der Waals surface area (Å²) in [6, 6.07) is 5.37. The predicted molar refractivity (Wildman–Crippen MR) is 67.4 cm³/mol. The van der Waals surface area contributed by atoms with Gasteiger partial charge in [0, 0.05) is 16.5 Å². The number of hydrogen-bond donors (Lipinski definition) is 3. The van der Waals surface area contributed by atoms with Crippen molar-refractivity contribution < 1.29 is 4.79 Å². The van der Waals surface area contributed by atoms with Gasteiger partial charge in [-0.05, 0) is 25.1 Å². The first-order valence-corrected chi connectivity index (χ1v) is 5.48. The van der Waals surface area contributed by atoms with Crippen LogP contribution in [0, 0.1) is 6.92 Å². The van der Waals surface area contributed by atoms with Crippen molar-refractivity contribution in [3.8, 4) is 0 Å². The number of rotatable bonds is 2. The lowest BCUT2D eigenvalue weighted by Gasteiger charge is -2.03. The molecular weight excluding hydrogens is 230 g/mol. The minimum absolute atomic E-state index is 0.176. The Morgan fingerprint density at radius 1 is 1.22 bits per heavy atom. The summed E-state index contributed by atoms with van der Waals surface area (Å²) >= 11 is 0. The zero-order chi connectivity index (χ0) is 12.5. The molecule has 1 aromatic carbocycles. The van der Waals surface area contributed by atoms with E-state index < -0.39 is 0 Å². The Kier molecular flexibility index (Phi) is 2.33. The van der Waals surface area contributed by atoms with Crippen LogP contribution in [0.5, 0.6) is 0 Å². The van der Waals surface area contributed by atoms with Crippen LogP contribution in [0.25, 0.3) is 10.9 Å². The van der Waals surface area contributed by atoms with Crippen molar-refractivity contribution >= 4 is 22.6 Å². The normalized spacial score (nSPS) is 10.7. The van der Waals surface area contributed by atoms with Crippen molar-refractivity contribution in [1.82, 2.24) is 20.4 Å². The van der Waals surface area contributed by atoms with Crippen molar-refractivity contribution in [1.29, 1.82) is 0 Å². The van der Waals surface area contributed by atoms with Gasteiger partial charge in [0.2, 0.25) is 0 Å². The number of amides is 1. The van der Waals surface area contributed by atoms with Gasteiger partial charge in [-0.15, -0.1) is 0 Å². The van der Waals surface area contributed by atoms with Crippen molar-refractivity contribution in [2.75, 3.05) is 5.32 Å². The number of H-pyrrole nitrogens is 2. The van der Waals surface area contributed by atoms with E-state index in [0.29, 0.717) is 11.4 Å². The van der Waals surface area contributed by atoms with Crippen LogP contribution in [0.1, 0.15) is 15.9 Å². The largest absolute Gasteiger partial charge is 0.307 e. The van der Waals surface area contributed by atoms with E-state index in [0.717, 1.165) is 16.5 Å². The molecule has 0 atom stereocenters. The number of benzene rings is 1. The van der Waals surface area contributed by atoms with Gasteiger partial charge in [-0.25, -0.2) is 0 Å². The van der Waals surface area contributed by atoms with E-state index >= 15 is 0 Å². The molecular formula is C12H11N5O. The van der Waals surface area contributed by atoms with Crippen LogP contribution in [0.4, 0.5) is 5.82 Å². The molecule has 6 heteroatoms. The highest BCUT2D eigenvalue weighted by Crippen LogP contribution is 2.15. The van der Waals surface area contributed by atoms with Crippen LogP contribution in [-0.2, 0) is 0 Å². The number of carbonyl (C=O) groups excluding carboxylic acids is 1. The number of carbonyl (C=O) groups is 1. The van der Waals surface area contributed by atoms with E-state index in [1.165, 1.54) is 0 Å². The highest BCUT2D eigenvalue weighted by molar-refractivity contribution is 6.05. The second-order valence-electron chi connectivity index (χ2n) is 4.05. The zero-order valence-corrected chi connectivity index (χ0v) is 9.69. The first-order chi connectivity index (χ1) is 8.74. The maximum atomic E-state index is 12.0. The molecule has 6 nitrogen and oxygen atoms in total. The van der Waals surface area contributed by atoms with Gasteiger partial charge in [0.15, 0.2) is 0 Å². The Morgan fingerprint density at radius 2 is 2.06 bits per heavy atom. The lowest BCUT2D eigenvalue weighted by atomic mass is 10.1. The molecule has 0 radical (unpaired) electrons. The van der Waals surface area contributed by atoms with Crippen molar-refractivity contribution in [3.05, 3.63) is 41.7 Å². The smallest absolute Gasteiger partial charge is 0.256 e. The summed E-state index contributed by atoms with van der Waals surface area (Å²) in [7, 11) is 0. The predicted octanol–water partition coefficient (Wildman–Crippen LogP) is 1.85. The Balaban J connectivity index is 1.89. The molecule has 0 spiro atoms. The van der Waals surface area contributed by atoms with Gasteiger partial charge in [-0.3, -0.25) is 15.0 Å². The van der Waals surface area contributed by atoms with Gasteiger partial charge in [0.1, 0.15) is 5.82 Å². The molecule has 3 N–H and O–H groups in total. The average Bonchev–Trinajstić information content (AvgIpc) is 2.98. The fraction of sp³-hybridized carbons (Fsp3) is 0.0833.